The number of halogens is 6. The number of nitrogens with one attached hydrogen (secondary N) is 1. The van der Waals surface area contributed by atoms with Crippen molar-refractivity contribution in [2.45, 2.75) is 19.0 Å². The van der Waals surface area contributed by atoms with E-state index in [0.717, 1.165) is 11.7 Å². The summed E-state index contributed by atoms with van der Waals surface area (Å²) in [7, 11) is 0. The van der Waals surface area contributed by atoms with Crippen molar-refractivity contribution < 1.29 is 35.9 Å². The summed E-state index contributed by atoms with van der Waals surface area (Å²) in [6.07, 6.45) is -8.64. The first-order valence-corrected chi connectivity index (χ1v) is 11.4. The summed E-state index contributed by atoms with van der Waals surface area (Å²) in [6.45, 7) is 0.695. The van der Waals surface area contributed by atoms with E-state index in [-0.39, 0.29) is 50.6 Å². The number of urea groups is 1. The lowest BCUT2D eigenvalue weighted by atomic mass is 10.1. The molecule has 4 rings (SSSR count). The van der Waals surface area contributed by atoms with Gasteiger partial charge in [0, 0.05) is 38.1 Å². The molecule has 10 nitrogen and oxygen atoms in total. The molecule has 1 saturated heterocycles. The molecule has 2 amide bonds. The summed E-state index contributed by atoms with van der Waals surface area (Å²) in [5.41, 5.74) is -3.23. The number of hydrogen-bond donors (Lipinski definition) is 1. The van der Waals surface area contributed by atoms with E-state index in [9.17, 15) is 31.1 Å². The van der Waals surface area contributed by atoms with Crippen molar-refractivity contribution in [1.29, 1.82) is 5.26 Å². The lowest BCUT2D eigenvalue weighted by Gasteiger charge is -2.34. The zero-order chi connectivity index (χ0) is 27.5. The van der Waals surface area contributed by atoms with E-state index < -0.39 is 35.2 Å². The second-order valence-corrected chi connectivity index (χ2v) is 8.39. The minimum atomic E-state index is -5.03. The highest BCUT2D eigenvalue weighted by Gasteiger charge is 2.37. The predicted octanol–water partition coefficient (Wildman–Crippen LogP) is 4.17. The lowest BCUT2D eigenvalue weighted by Crippen LogP contribution is -2.50. The Hall–Kier alpha value is -4.20. The Morgan fingerprint density at radius 3 is 2.32 bits per heavy atom. The maximum absolute atomic E-state index is 13.1. The van der Waals surface area contributed by atoms with Crippen LogP contribution in [0.15, 0.2) is 30.5 Å². The molecule has 1 fully saturated rings. The first kappa shape index (κ1) is 26.9. The highest BCUT2D eigenvalue weighted by atomic mass is 32.1. The van der Waals surface area contributed by atoms with Crippen LogP contribution in [-0.4, -0.2) is 55.8 Å². The number of aromatic nitrogens is 4. The average molecular weight is 558 g/mol. The molecular formula is C21H16F6N8O2S. The van der Waals surface area contributed by atoms with Crippen molar-refractivity contribution in [3.05, 3.63) is 53.1 Å². The number of alkyl halides is 6. The minimum Gasteiger partial charge on any atom is -0.468 e. The molecule has 0 atom stereocenters. The van der Waals surface area contributed by atoms with E-state index in [1.807, 2.05) is 6.07 Å². The molecular weight excluding hydrogens is 542 g/mol. The largest absolute Gasteiger partial charge is 0.468 e. The summed E-state index contributed by atoms with van der Waals surface area (Å²) >= 11 is 0.890. The molecule has 2 aromatic heterocycles. The predicted molar refractivity (Wildman–Crippen MR) is 120 cm³/mol. The molecule has 3 heterocycles. The molecule has 0 unspecified atom stereocenters. The number of amides is 2. The van der Waals surface area contributed by atoms with Gasteiger partial charge in [0.25, 0.3) is 5.88 Å². The first-order chi connectivity index (χ1) is 17.9. The van der Waals surface area contributed by atoms with Gasteiger partial charge in [-0.3, -0.25) is 0 Å². The van der Waals surface area contributed by atoms with Crippen LogP contribution in [0.5, 0.6) is 5.88 Å². The van der Waals surface area contributed by atoms with Crippen molar-refractivity contribution in [3.63, 3.8) is 0 Å². The van der Waals surface area contributed by atoms with Crippen LogP contribution < -0.4 is 15.0 Å². The Kier molecular flexibility index (Phi) is 7.53. The number of piperazine rings is 1. The van der Waals surface area contributed by atoms with E-state index in [4.69, 9.17) is 10.00 Å². The van der Waals surface area contributed by atoms with Gasteiger partial charge in [-0.05, 0) is 24.3 Å². The normalized spacial score (nSPS) is 14.2. The van der Waals surface area contributed by atoms with Crippen molar-refractivity contribution in [2.24, 2.45) is 0 Å². The molecule has 38 heavy (non-hydrogen) atoms. The smallest absolute Gasteiger partial charge is 0.416 e. The van der Waals surface area contributed by atoms with Gasteiger partial charge < -0.3 is 19.9 Å². The van der Waals surface area contributed by atoms with Crippen LogP contribution in [0, 0.1) is 11.3 Å². The standard InChI is InChI=1S/C21H16F6N8O2S/c22-20(23,24)12-7-13(21(25,26)27)9-15(8-12)31-19(36)35-5-3-34(4-6-35)17-18(33-38-32-17)37-11-14-1-2-29-16(10-28)30-14/h1-2,7-9H,3-6,11H2,(H,31,36). The fourth-order valence-corrected chi connectivity index (χ4v) is 4.00. The maximum atomic E-state index is 13.1. The fourth-order valence-electron chi connectivity index (χ4n) is 3.48. The SMILES string of the molecule is N#Cc1nccc(COc2nsnc2N2CCN(C(=O)Nc3cc(C(F)(F)F)cc(C(F)(F)F)c3)CC2)n1. The third kappa shape index (κ3) is 6.37. The van der Waals surface area contributed by atoms with Crippen molar-refractivity contribution >= 4 is 29.3 Å². The van der Waals surface area contributed by atoms with E-state index in [1.54, 1.807) is 11.0 Å². The van der Waals surface area contributed by atoms with E-state index >= 15 is 0 Å². The van der Waals surface area contributed by atoms with Gasteiger partial charge in [-0.2, -0.15) is 36.0 Å². The summed E-state index contributed by atoms with van der Waals surface area (Å²) in [5.74, 6) is 0.586. The third-order valence-electron chi connectivity index (χ3n) is 5.32. The summed E-state index contributed by atoms with van der Waals surface area (Å²) < 4.78 is 92.5. The maximum Gasteiger partial charge on any atom is 0.416 e. The van der Waals surface area contributed by atoms with Crippen LogP contribution in [0.2, 0.25) is 0 Å². The van der Waals surface area contributed by atoms with Gasteiger partial charge in [0.2, 0.25) is 11.6 Å². The Balaban J connectivity index is 1.38. The van der Waals surface area contributed by atoms with Gasteiger partial charge in [-0.15, -0.1) is 4.37 Å². The molecule has 1 aliphatic heterocycles. The highest BCUT2D eigenvalue weighted by Crippen LogP contribution is 2.37. The van der Waals surface area contributed by atoms with Gasteiger partial charge in [-0.1, -0.05) is 0 Å². The van der Waals surface area contributed by atoms with Crippen molar-refractivity contribution in [3.8, 4) is 11.9 Å². The van der Waals surface area contributed by atoms with Gasteiger partial charge in [0.15, 0.2) is 0 Å². The molecule has 17 heteroatoms. The Morgan fingerprint density at radius 1 is 1.05 bits per heavy atom. The van der Waals surface area contributed by atoms with Gasteiger partial charge in [0.1, 0.15) is 12.7 Å². The molecule has 0 saturated carbocycles. The average Bonchev–Trinajstić information content (AvgIpc) is 3.35. The van der Waals surface area contributed by atoms with Crippen LogP contribution in [0.4, 0.5) is 42.6 Å². The zero-order valence-corrected chi connectivity index (χ0v) is 19.9. The highest BCUT2D eigenvalue weighted by molar-refractivity contribution is 6.99. The van der Waals surface area contributed by atoms with Gasteiger partial charge in [0.05, 0.1) is 28.5 Å². The third-order valence-corrected chi connectivity index (χ3v) is 5.82. The number of benzene rings is 1. The Labute approximate surface area is 214 Å². The van der Waals surface area contributed by atoms with Crippen molar-refractivity contribution in [2.75, 3.05) is 36.4 Å². The van der Waals surface area contributed by atoms with E-state index in [1.165, 1.54) is 11.1 Å². The second-order valence-electron chi connectivity index (χ2n) is 7.86. The zero-order valence-electron chi connectivity index (χ0n) is 19.0. The summed E-state index contributed by atoms with van der Waals surface area (Å²) in [5, 5.41) is 11.0. The van der Waals surface area contributed by atoms with Crippen LogP contribution in [-0.2, 0) is 19.0 Å². The molecule has 0 spiro atoms. The molecule has 0 aliphatic carbocycles. The van der Waals surface area contributed by atoms with E-state index in [0.29, 0.717) is 23.6 Å². The molecule has 0 bridgehead atoms. The van der Waals surface area contributed by atoms with Gasteiger partial charge in [-0.25, -0.2) is 14.8 Å². The number of anilines is 2. The van der Waals surface area contributed by atoms with Gasteiger partial charge >= 0.3 is 18.4 Å². The molecule has 1 aliphatic rings. The number of ether oxygens (including phenoxy) is 1. The van der Waals surface area contributed by atoms with E-state index in [2.05, 4.69) is 24.0 Å². The Morgan fingerprint density at radius 2 is 1.71 bits per heavy atom. The number of hydrogen-bond acceptors (Lipinski definition) is 9. The lowest BCUT2D eigenvalue weighted by molar-refractivity contribution is -0.143. The number of rotatable bonds is 5. The summed E-state index contributed by atoms with van der Waals surface area (Å²) in [4.78, 5) is 23.4. The summed E-state index contributed by atoms with van der Waals surface area (Å²) in [6, 6.07) is 3.43. The van der Waals surface area contributed by atoms with Crippen molar-refractivity contribution in [1.82, 2.24) is 23.6 Å². The molecule has 1 N–H and O–H groups in total. The monoisotopic (exact) mass is 558 g/mol. The minimum absolute atomic E-state index is 0.00507. The van der Waals surface area contributed by atoms with Crippen LogP contribution in [0.1, 0.15) is 22.6 Å². The second kappa shape index (κ2) is 10.7. The van der Waals surface area contributed by atoms with Crippen LogP contribution >= 0.6 is 11.7 Å². The number of nitrogens with zero attached hydrogens (tertiary/aromatic N) is 7. The van der Waals surface area contributed by atoms with Crippen LogP contribution in [0.25, 0.3) is 0 Å². The molecule has 0 radical (unpaired) electrons. The Bertz CT molecular complexity index is 1320. The number of nitriles is 1. The number of carbonyl (C=O) groups excluding carboxylic acids is 1. The molecule has 1 aromatic carbocycles. The first-order valence-electron chi connectivity index (χ1n) is 10.7. The number of carbonyl (C=O) groups is 1. The fraction of sp³-hybridized carbons (Fsp3) is 0.333. The quantitative estimate of drug-likeness (QED) is 0.464. The topological polar surface area (TPSA) is 120 Å². The molecule has 3 aromatic rings. The van der Waals surface area contributed by atoms with Crippen LogP contribution in [0.3, 0.4) is 0 Å². The molecule has 200 valence electrons.